The van der Waals surface area contributed by atoms with Crippen molar-refractivity contribution in [2.75, 3.05) is 0 Å². The maximum Gasteiger partial charge on any atom is 0.238 e. The van der Waals surface area contributed by atoms with E-state index in [0.717, 1.165) is 82.4 Å². The van der Waals surface area contributed by atoms with Crippen LogP contribution in [0.25, 0.3) is 100.0 Å². The van der Waals surface area contributed by atoms with E-state index in [1.165, 1.54) is 0 Å². The summed E-state index contributed by atoms with van der Waals surface area (Å²) in [5.41, 5.74) is 8.75. The number of benzene rings is 7. The lowest BCUT2D eigenvalue weighted by atomic mass is 10.1. The quantitative estimate of drug-likeness (QED) is 0.190. The van der Waals surface area contributed by atoms with Crippen LogP contribution < -0.4 is 0 Å². The molecule has 0 saturated carbocycles. The molecule has 0 fully saturated rings. The van der Waals surface area contributed by atoms with Crippen LogP contribution in [0, 0.1) is 0 Å². The first kappa shape index (κ1) is 27.9. The first-order valence-corrected chi connectivity index (χ1v) is 17.0. The minimum absolute atomic E-state index is 0.556. The Balaban J connectivity index is 1.35. The Morgan fingerprint density at radius 1 is 0.373 bits per heavy atom. The summed E-state index contributed by atoms with van der Waals surface area (Å²) < 4.78 is 11.3. The maximum absolute atomic E-state index is 6.71. The van der Waals surface area contributed by atoms with Crippen LogP contribution in [0.3, 0.4) is 0 Å². The van der Waals surface area contributed by atoms with Crippen LogP contribution in [-0.2, 0) is 0 Å². The van der Waals surface area contributed by atoms with E-state index in [1.807, 2.05) is 72.8 Å². The summed E-state index contributed by atoms with van der Waals surface area (Å²) in [4.78, 5) is 15.5. The van der Waals surface area contributed by atoms with Crippen molar-refractivity contribution in [3.8, 4) is 34.4 Å². The van der Waals surface area contributed by atoms with E-state index in [4.69, 9.17) is 19.4 Å². The summed E-state index contributed by atoms with van der Waals surface area (Å²) in [7, 11) is 0. The molecule has 0 spiro atoms. The smallest absolute Gasteiger partial charge is 0.238 e. The van der Waals surface area contributed by atoms with Gasteiger partial charge in [0.1, 0.15) is 5.58 Å². The van der Waals surface area contributed by atoms with Gasteiger partial charge in [-0.25, -0.2) is 4.98 Å². The monoisotopic (exact) mass is 653 g/mol. The van der Waals surface area contributed by atoms with E-state index in [1.54, 1.807) is 0 Å². The van der Waals surface area contributed by atoms with Gasteiger partial charge in [0.15, 0.2) is 17.2 Å². The third-order valence-corrected chi connectivity index (χ3v) is 9.97. The highest BCUT2D eigenvalue weighted by atomic mass is 16.3. The molecule has 6 heteroatoms. The molecule has 11 rings (SSSR count). The molecule has 0 amide bonds. The van der Waals surface area contributed by atoms with Crippen molar-refractivity contribution < 1.29 is 4.42 Å². The van der Waals surface area contributed by atoms with Gasteiger partial charge in [0.25, 0.3) is 0 Å². The van der Waals surface area contributed by atoms with Gasteiger partial charge in [-0.2, -0.15) is 9.97 Å². The average molecular weight is 654 g/mol. The standard InChI is InChI=1S/C45H27N5O/c1-4-14-28(15-5-1)43-46-44(29-16-6-2-7-17-29)48-45(47-43)50-37-22-12-10-20-31(37)33-24-25-34-35-26-27-36-32-21-11-13-23-38(32)51-42(36)41(35)49(39(34)40(33)50)30-18-8-3-9-19-30/h1-27H. The molecule has 7 aromatic carbocycles. The van der Waals surface area contributed by atoms with Crippen molar-refractivity contribution in [1.82, 2.24) is 24.1 Å². The second-order valence-electron chi connectivity index (χ2n) is 12.8. The van der Waals surface area contributed by atoms with Crippen LogP contribution in [-0.4, -0.2) is 24.1 Å². The predicted octanol–water partition coefficient (Wildman–Crippen LogP) is 11.3. The summed E-state index contributed by atoms with van der Waals surface area (Å²) in [5.74, 6) is 1.79. The molecule has 51 heavy (non-hydrogen) atoms. The van der Waals surface area contributed by atoms with E-state index >= 15 is 0 Å². The van der Waals surface area contributed by atoms with Gasteiger partial charge in [0, 0.05) is 49.1 Å². The van der Waals surface area contributed by atoms with Gasteiger partial charge in [0.2, 0.25) is 5.95 Å². The van der Waals surface area contributed by atoms with Gasteiger partial charge in [-0.3, -0.25) is 4.57 Å². The molecular formula is C45H27N5O. The molecule has 0 saturated heterocycles. The molecule has 0 unspecified atom stereocenters. The van der Waals surface area contributed by atoms with Crippen molar-refractivity contribution in [3.05, 3.63) is 164 Å². The summed E-state index contributed by atoms with van der Waals surface area (Å²) in [5, 5.41) is 6.66. The fraction of sp³-hybridized carbons (Fsp3) is 0. The van der Waals surface area contributed by atoms with Gasteiger partial charge in [-0.15, -0.1) is 0 Å². The van der Waals surface area contributed by atoms with Gasteiger partial charge >= 0.3 is 0 Å². The summed E-state index contributed by atoms with van der Waals surface area (Å²) >= 11 is 0. The Labute approximate surface area is 291 Å². The topological polar surface area (TPSA) is 61.7 Å². The van der Waals surface area contributed by atoms with Gasteiger partial charge in [0.05, 0.1) is 22.1 Å². The van der Waals surface area contributed by atoms with Crippen LogP contribution in [0.4, 0.5) is 0 Å². The zero-order chi connectivity index (χ0) is 33.5. The number of hydrogen-bond acceptors (Lipinski definition) is 4. The molecule has 6 nitrogen and oxygen atoms in total. The second-order valence-corrected chi connectivity index (χ2v) is 12.8. The molecule has 11 aromatic rings. The zero-order valence-corrected chi connectivity index (χ0v) is 27.2. The fourth-order valence-corrected chi connectivity index (χ4v) is 7.75. The number of hydrogen-bond donors (Lipinski definition) is 0. The number of para-hydroxylation sites is 3. The van der Waals surface area contributed by atoms with Crippen LogP contribution in [0.2, 0.25) is 0 Å². The molecule has 0 bridgehead atoms. The molecule has 4 aromatic heterocycles. The van der Waals surface area contributed by atoms with Gasteiger partial charge in [-0.05, 0) is 30.3 Å². The van der Waals surface area contributed by atoms with Crippen molar-refractivity contribution in [2.45, 2.75) is 0 Å². The average Bonchev–Trinajstić information content (AvgIpc) is 3.87. The second kappa shape index (κ2) is 10.7. The molecule has 0 aliphatic rings. The van der Waals surface area contributed by atoms with E-state index in [-0.39, 0.29) is 0 Å². The van der Waals surface area contributed by atoms with E-state index < -0.39 is 0 Å². The molecule has 4 heterocycles. The van der Waals surface area contributed by atoms with Crippen LogP contribution in [0.1, 0.15) is 0 Å². The number of furan rings is 1. The molecule has 0 N–H and O–H groups in total. The van der Waals surface area contributed by atoms with Crippen LogP contribution in [0.15, 0.2) is 168 Å². The molecular weight excluding hydrogens is 627 g/mol. The van der Waals surface area contributed by atoms with Crippen LogP contribution >= 0.6 is 0 Å². The molecule has 238 valence electrons. The largest absolute Gasteiger partial charge is 0.454 e. The first-order valence-electron chi connectivity index (χ1n) is 17.0. The van der Waals surface area contributed by atoms with E-state index in [2.05, 4.69) is 100 Å². The van der Waals surface area contributed by atoms with Gasteiger partial charge < -0.3 is 8.98 Å². The highest BCUT2D eigenvalue weighted by Gasteiger charge is 2.25. The third kappa shape index (κ3) is 4.07. The molecule has 0 aliphatic carbocycles. The fourth-order valence-electron chi connectivity index (χ4n) is 7.75. The van der Waals surface area contributed by atoms with Gasteiger partial charge in [-0.1, -0.05) is 133 Å². The number of nitrogens with zero attached hydrogens (tertiary/aromatic N) is 5. The van der Waals surface area contributed by atoms with Crippen molar-refractivity contribution >= 4 is 65.6 Å². The SMILES string of the molecule is c1ccc(-c2nc(-c3ccccc3)nc(-n3c4ccccc4c4ccc5c6ccc7c8ccccc8oc7c6n(-c6ccccc6)c5c43)n2)cc1. The number of aromatic nitrogens is 5. The van der Waals surface area contributed by atoms with Crippen molar-refractivity contribution in [3.63, 3.8) is 0 Å². The summed E-state index contributed by atoms with van der Waals surface area (Å²) in [6.45, 7) is 0. The zero-order valence-electron chi connectivity index (χ0n) is 27.2. The molecule has 0 atom stereocenters. The van der Waals surface area contributed by atoms with Crippen LogP contribution in [0.5, 0.6) is 0 Å². The Morgan fingerprint density at radius 2 is 0.882 bits per heavy atom. The van der Waals surface area contributed by atoms with Crippen molar-refractivity contribution in [1.29, 1.82) is 0 Å². The Kier molecular flexibility index (Phi) is 5.86. The van der Waals surface area contributed by atoms with E-state index in [0.29, 0.717) is 17.6 Å². The maximum atomic E-state index is 6.71. The summed E-state index contributed by atoms with van der Waals surface area (Å²) in [6, 6.07) is 56.5. The first-order chi connectivity index (χ1) is 25.3. The Morgan fingerprint density at radius 3 is 1.57 bits per heavy atom. The minimum atomic E-state index is 0.556. The number of fused-ring (bicyclic) bond motifs is 11. The lowest BCUT2D eigenvalue weighted by Crippen LogP contribution is -2.07. The minimum Gasteiger partial charge on any atom is -0.454 e. The Hall–Kier alpha value is -7.05. The number of rotatable bonds is 4. The normalized spacial score (nSPS) is 11.9. The molecule has 0 radical (unpaired) electrons. The highest BCUT2D eigenvalue weighted by molar-refractivity contribution is 6.27. The van der Waals surface area contributed by atoms with E-state index in [9.17, 15) is 0 Å². The highest BCUT2D eigenvalue weighted by Crippen LogP contribution is 2.44. The lowest BCUT2D eigenvalue weighted by molar-refractivity contribution is 0.671. The van der Waals surface area contributed by atoms with Crippen molar-refractivity contribution in [2.24, 2.45) is 0 Å². The lowest BCUT2D eigenvalue weighted by Gasteiger charge is -2.13. The summed E-state index contributed by atoms with van der Waals surface area (Å²) in [6.07, 6.45) is 0. The molecule has 0 aliphatic heterocycles. The third-order valence-electron chi connectivity index (χ3n) is 9.97. The predicted molar refractivity (Wildman–Crippen MR) is 207 cm³/mol. The Bertz CT molecular complexity index is 3060.